The number of aromatic nitrogens is 5. The molecule has 0 amide bonds. The average Bonchev–Trinajstić information content (AvgIpc) is 3.32. The van der Waals surface area contributed by atoms with Crippen molar-refractivity contribution in [2.24, 2.45) is 0 Å². The summed E-state index contributed by atoms with van der Waals surface area (Å²) in [6, 6.07) is 18.0. The van der Waals surface area contributed by atoms with E-state index in [0.717, 1.165) is 16.8 Å². The molecule has 26 heavy (non-hydrogen) atoms. The Bertz CT molecular complexity index is 1010. The van der Waals surface area contributed by atoms with Crippen molar-refractivity contribution in [3.05, 3.63) is 66.4 Å². The highest BCUT2D eigenvalue weighted by molar-refractivity contribution is 5.63. The third-order valence-electron chi connectivity index (χ3n) is 3.99. The van der Waals surface area contributed by atoms with E-state index < -0.39 is 0 Å². The van der Waals surface area contributed by atoms with Gasteiger partial charge in [0.15, 0.2) is 5.69 Å². The van der Waals surface area contributed by atoms with Crippen LogP contribution in [0.5, 0.6) is 0 Å². The second-order valence-corrected chi connectivity index (χ2v) is 6.15. The highest BCUT2D eigenvalue weighted by Gasteiger charge is 2.14. The standard InChI is InChI=1S/C19H18N6O/c1-24(2)16-10-6-9-15(11-16)19-20-18(22-26-19)17-13-25(23-21-17)12-14-7-4-3-5-8-14/h3-11,13H,12H2,1-2H3. The molecule has 4 aromatic rings. The average molecular weight is 346 g/mol. The van der Waals surface area contributed by atoms with Gasteiger partial charge in [-0.2, -0.15) is 4.98 Å². The van der Waals surface area contributed by atoms with Gasteiger partial charge in [0.25, 0.3) is 5.89 Å². The zero-order valence-corrected chi connectivity index (χ0v) is 14.6. The highest BCUT2D eigenvalue weighted by Crippen LogP contribution is 2.24. The maximum atomic E-state index is 5.41. The van der Waals surface area contributed by atoms with E-state index in [1.165, 1.54) is 0 Å². The van der Waals surface area contributed by atoms with E-state index in [-0.39, 0.29) is 0 Å². The predicted octanol–water partition coefficient (Wildman–Crippen LogP) is 3.11. The van der Waals surface area contributed by atoms with Crippen molar-refractivity contribution in [1.82, 2.24) is 25.1 Å². The number of hydrogen-bond donors (Lipinski definition) is 0. The number of nitrogens with zero attached hydrogens (tertiary/aromatic N) is 6. The van der Waals surface area contributed by atoms with Crippen LogP contribution in [0.3, 0.4) is 0 Å². The van der Waals surface area contributed by atoms with Gasteiger partial charge in [-0.1, -0.05) is 46.8 Å². The van der Waals surface area contributed by atoms with Crippen molar-refractivity contribution in [3.8, 4) is 23.0 Å². The largest absolute Gasteiger partial charge is 0.378 e. The monoisotopic (exact) mass is 346 g/mol. The van der Waals surface area contributed by atoms with Crippen LogP contribution in [-0.4, -0.2) is 39.2 Å². The molecule has 0 aliphatic carbocycles. The molecule has 130 valence electrons. The molecule has 0 spiro atoms. The van der Waals surface area contributed by atoms with Crippen LogP contribution < -0.4 is 4.90 Å². The van der Waals surface area contributed by atoms with Crippen molar-refractivity contribution in [3.63, 3.8) is 0 Å². The molecule has 0 radical (unpaired) electrons. The lowest BCUT2D eigenvalue weighted by atomic mass is 10.2. The third-order valence-corrected chi connectivity index (χ3v) is 3.99. The summed E-state index contributed by atoms with van der Waals surface area (Å²) in [6.45, 7) is 0.642. The summed E-state index contributed by atoms with van der Waals surface area (Å²) in [6.07, 6.45) is 1.82. The first-order valence-corrected chi connectivity index (χ1v) is 8.25. The van der Waals surface area contributed by atoms with Gasteiger partial charge in [-0.3, -0.25) is 0 Å². The van der Waals surface area contributed by atoms with Crippen molar-refractivity contribution in [2.45, 2.75) is 6.54 Å². The van der Waals surface area contributed by atoms with Crippen LogP contribution in [0.4, 0.5) is 5.69 Å². The molecule has 7 heteroatoms. The van der Waals surface area contributed by atoms with Crippen LogP contribution in [0.2, 0.25) is 0 Å². The van der Waals surface area contributed by atoms with E-state index in [9.17, 15) is 0 Å². The van der Waals surface area contributed by atoms with Gasteiger partial charge in [-0.05, 0) is 23.8 Å². The van der Waals surface area contributed by atoms with Gasteiger partial charge in [0, 0.05) is 25.3 Å². The molecule has 4 rings (SSSR count). The first kappa shape index (κ1) is 16.0. The molecule has 0 aliphatic heterocycles. The van der Waals surface area contributed by atoms with Crippen LogP contribution in [0.1, 0.15) is 5.56 Å². The molecule has 0 saturated carbocycles. The molecular formula is C19H18N6O. The first-order valence-electron chi connectivity index (χ1n) is 8.25. The number of anilines is 1. The zero-order valence-electron chi connectivity index (χ0n) is 14.6. The second kappa shape index (κ2) is 6.79. The lowest BCUT2D eigenvalue weighted by Crippen LogP contribution is -2.08. The molecule has 7 nitrogen and oxygen atoms in total. The summed E-state index contributed by atoms with van der Waals surface area (Å²) in [5.41, 5.74) is 3.67. The van der Waals surface area contributed by atoms with Crippen LogP contribution in [-0.2, 0) is 6.54 Å². The van der Waals surface area contributed by atoms with Crippen molar-refractivity contribution in [1.29, 1.82) is 0 Å². The second-order valence-electron chi connectivity index (χ2n) is 6.15. The van der Waals surface area contributed by atoms with Gasteiger partial charge in [-0.25, -0.2) is 4.68 Å². The SMILES string of the molecule is CN(C)c1cccc(-c2nc(-c3cn(Cc4ccccc4)nn3)no2)c1. The number of hydrogen-bond acceptors (Lipinski definition) is 6. The van der Waals surface area contributed by atoms with Crippen molar-refractivity contribution >= 4 is 5.69 Å². The molecule has 0 N–H and O–H groups in total. The molecule has 2 aromatic heterocycles. The topological polar surface area (TPSA) is 72.9 Å². The molecular weight excluding hydrogens is 328 g/mol. The summed E-state index contributed by atoms with van der Waals surface area (Å²) < 4.78 is 7.17. The summed E-state index contributed by atoms with van der Waals surface area (Å²) >= 11 is 0. The quantitative estimate of drug-likeness (QED) is 0.553. The Kier molecular flexibility index (Phi) is 4.18. The van der Waals surface area contributed by atoms with Gasteiger partial charge in [0.2, 0.25) is 5.82 Å². The smallest absolute Gasteiger partial charge is 0.258 e. The van der Waals surface area contributed by atoms with Crippen molar-refractivity contribution in [2.75, 3.05) is 19.0 Å². The lowest BCUT2D eigenvalue weighted by Gasteiger charge is -2.12. The van der Waals surface area contributed by atoms with E-state index in [4.69, 9.17) is 4.52 Å². The molecule has 0 atom stereocenters. The van der Waals surface area contributed by atoms with Crippen LogP contribution in [0, 0.1) is 0 Å². The maximum Gasteiger partial charge on any atom is 0.258 e. The van der Waals surface area contributed by atoms with Crippen LogP contribution >= 0.6 is 0 Å². The molecule has 2 aromatic carbocycles. The molecule has 0 aliphatic rings. The van der Waals surface area contributed by atoms with E-state index in [1.54, 1.807) is 4.68 Å². The molecule has 0 saturated heterocycles. The predicted molar refractivity (Wildman–Crippen MR) is 98.6 cm³/mol. The van der Waals surface area contributed by atoms with E-state index in [0.29, 0.717) is 24.0 Å². The first-order chi connectivity index (χ1) is 12.7. The molecule has 0 bridgehead atoms. The van der Waals surface area contributed by atoms with Gasteiger partial charge in [0.1, 0.15) is 0 Å². The Morgan fingerprint density at radius 1 is 1.04 bits per heavy atom. The maximum absolute atomic E-state index is 5.41. The summed E-state index contributed by atoms with van der Waals surface area (Å²) in [5, 5.41) is 12.3. The summed E-state index contributed by atoms with van der Waals surface area (Å²) in [7, 11) is 3.98. The van der Waals surface area contributed by atoms with Crippen LogP contribution in [0.25, 0.3) is 23.0 Å². The van der Waals surface area contributed by atoms with Gasteiger partial charge >= 0.3 is 0 Å². The summed E-state index contributed by atoms with van der Waals surface area (Å²) in [4.78, 5) is 6.48. The van der Waals surface area contributed by atoms with Gasteiger partial charge < -0.3 is 9.42 Å². The van der Waals surface area contributed by atoms with Crippen molar-refractivity contribution < 1.29 is 4.52 Å². The third kappa shape index (κ3) is 3.32. The minimum absolute atomic E-state index is 0.426. The Labute approximate surface area is 150 Å². The highest BCUT2D eigenvalue weighted by atomic mass is 16.5. The van der Waals surface area contributed by atoms with E-state index in [1.807, 2.05) is 79.8 Å². The summed E-state index contributed by atoms with van der Waals surface area (Å²) in [5.74, 6) is 0.885. The van der Waals surface area contributed by atoms with Gasteiger partial charge in [0.05, 0.1) is 12.7 Å². The fourth-order valence-electron chi connectivity index (χ4n) is 2.61. The van der Waals surface area contributed by atoms with E-state index >= 15 is 0 Å². The van der Waals surface area contributed by atoms with Gasteiger partial charge in [-0.15, -0.1) is 5.10 Å². The Morgan fingerprint density at radius 3 is 2.69 bits per heavy atom. The Morgan fingerprint density at radius 2 is 1.88 bits per heavy atom. The fraction of sp³-hybridized carbons (Fsp3) is 0.158. The minimum Gasteiger partial charge on any atom is -0.378 e. The lowest BCUT2D eigenvalue weighted by molar-refractivity contribution is 0.432. The number of rotatable bonds is 5. The molecule has 2 heterocycles. The van der Waals surface area contributed by atoms with E-state index in [2.05, 4.69) is 20.5 Å². The fourth-order valence-corrected chi connectivity index (χ4v) is 2.61. The zero-order chi connectivity index (χ0) is 17.9. The Balaban J connectivity index is 1.56. The Hall–Kier alpha value is -3.48. The minimum atomic E-state index is 0.426. The molecule has 0 fully saturated rings. The normalized spacial score (nSPS) is 10.8. The number of benzene rings is 2. The molecule has 0 unspecified atom stereocenters. The van der Waals surface area contributed by atoms with Crippen LogP contribution in [0.15, 0.2) is 65.3 Å².